The van der Waals surface area contributed by atoms with Crippen molar-refractivity contribution in [3.8, 4) is 17.2 Å². The molecule has 0 unspecified atom stereocenters. The Labute approximate surface area is 265 Å². The molecule has 0 atom stereocenters. The van der Waals surface area contributed by atoms with E-state index in [2.05, 4.69) is 28.4 Å². The van der Waals surface area contributed by atoms with Crippen molar-refractivity contribution in [2.75, 3.05) is 19.0 Å². The zero-order valence-electron chi connectivity index (χ0n) is 24.5. The number of hydrogen-bond acceptors (Lipinski definition) is 7. The Morgan fingerprint density at radius 2 is 1.78 bits per heavy atom. The molecule has 0 saturated heterocycles. The van der Waals surface area contributed by atoms with E-state index >= 15 is 0 Å². The first-order chi connectivity index (χ1) is 22.2. The second-order valence-corrected chi connectivity index (χ2v) is 10.4. The average Bonchev–Trinajstić information content (AvgIpc) is 3.03. The summed E-state index contributed by atoms with van der Waals surface area (Å²) in [6.45, 7) is 7.00. The van der Waals surface area contributed by atoms with Crippen LogP contribution in [0.5, 0.6) is 11.5 Å². The van der Waals surface area contributed by atoms with E-state index in [4.69, 9.17) is 21.1 Å². The van der Waals surface area contributed by atoms with Crippen LogP contribution in [0.1, 0.15) is 17.5 Å². The molecule has 0 aliphatic carbocycles. The Bertz CT molecular complexity index is 2090. The zero-order valence-corrected chi connectivity index (χ0v) is 25.3. The van der Waals surface area contributed by atoms with Crippen LogP contribution in [-0.4, -0.2) is 32.8 Å². The molecule has 3 aromatic carbocycles. The summed E-state index contributed by atoms with van der Waals surface area (Å²) in [5, 5.41) is 4.11. The van der Waals surface area contributed by atoms with Gasteiger partial charge in [-0.3, -0.25) is 9.55 Å². The van der Waals surface area contributed by atoms with Gasteiger partial charge in [0.25, 0.3) is 0 Å². The van der Waals surface area contributed by atoms with Gasteiger partial charge < -0.3 is 14.8 Å². The van der Waals surface area contributed by atoms with Crippen molar-refractivity contribution in [1.82, 2.24) is 19.1 Å². The van der Waals surface area contributed by atoms with Crippen LogP contribution >= 0.6 is 11.6 Å². The highest BCUT2D eigenvalue weighted by molar-refractivity contribution is 6.33. The number of methoxy groups -OCH3 is 1. The number of anilines is 2. The first-order valence-electron chi connectivity index (χ1n) is 13.9. The van der Waals surface area contributed by atoms with Crippen molar-refractivity contribution < 1.29 is 22.6 Å². The van der Waals surface area contributed by atoms with Gasteiger partial charge in [0.2, 0.25) is 5.95 Å². The Morgan fingerprint density at radius 3 is 2.52 bits per heavy atom. The standard InChI is InChI=1S/C33H27ClF3N5O4/c1-4-6-11-46-28-14-22(45-3)13-23(34)30(28)39-31-40-32(43)42(27-17-38-16-20-10-7-9-19(8-5-2)29(20)27)33(44)41(31)18-21-12-25(36)26(37)15-24(21)35/h4-5,7,9-10,12-17H,1-2,6,8,11,18H2,3H3,(H,39,40,43). The molecule has 0 spiro atoms. The summed E-state index contributed by atoms with van der Waals surface area (Å²) in [5.74, 6) is -3.70. The minimum absolute atomic E-state index is 0.0734. The summed E-state index contributed by atoms with van der Waals surface area (Å²) in [5.41, 5.74) is -1.40. The van der Waals surface area contributed by atoms with E-state index < -0.39 is 35.4 Å². The summed E-state index contributed by atoms with van der Waals surface area (Å²) in [6.07, 6.45) is 7.12. The molecule has 0 saturated carbocycles. The summed E-state index contributed by atoms with van der Waals surface area (Å²) < 4.78 is 55.8. The number of rotatable bonds is 12. The van der Waals surface area contributed by atoms with E-state index in [-0.39, 0.29) is 40.3 Å². The van der Waals surface area contributed by atoms with Crippen molar-refractivity contribution in [1.29, 1.82) is 0 Å². The van der Waals surface area contributed by atoms with E-state index in [1.54, 1.807) is 30.5 Å². The fourth-order valence-electron chi connectivity index (χ4n) is 4.86. The fraction of sp³-hybridized carbons (Fsp3) is 0.152. The number of ether oxygens (including phenoxy) is 2. The van der Waals surface area contributed by atoms with Gasteiger partial charge in [0.15, 0.2) is 11.6 Å². The molecule has 46 heavy (non-hydrogen) atoms. The second-order valence-electron chi connectivity index (χ2n) is 9.98. The summed E-state index contributed by atoms with van der Waals surface area (Å²) in [7, 11) is 1.43. The van der Waals surface area contributed by atoms with E-state index in [9.17, 15) is 22.8 Å². The van der Waals surface area contributed by atoms with Gasteiger partial charge in [0.05, 0.1) is 37.2 Å². The third-order valence-corrected chi connectivity index (χ3v) is 7.32. The number of fused-ring (bicyclic) bond motifs is 1. The lowest BCUT2D eigenvalue weighted by Crippen LogP contribution is -2.42. The highest BCUT2D eigenvalue weighted by Crippen LogP contribution is 2.38. The summed E-state index contributed by atoms with van der Waals surface area (Å²) >= 11 is 6.56. The molecule has 9 nitrogen and oxygen atoms in total. The van der Waals surface area contributed by atoms with E-state index in [0.717, 1.165) is 14.7 Å². The highest BCUT2D eigenvalue weighted by atomic mass is 35.5. The largest absolute Gasteiger partial charge is 0.497 e. The number of allylic oxidation sites excluding steroid dienone is 1. The molecule has 1 N–H and O–H groups in total. The van der Waals surface area contributed by atoms with Crippen LogP contribution in [0.2, 0.25) is 5.02 Å². The Balaban J connectivity index is 1.76. The molecule has 0 fully saturated rings. The minimum Gasteiger partial charge on any atom is -0.497 e. The molecule has 236 valence electrons. The lowest BCUT2D eigenvalue weighted by Gasteiger charge is -2.20. The van der Waals surface area contributed by atoms with Crippen LogP contribution in [0.25, 0.3) is 16.5 Å². The normalized spacial score (nSPS) is 11.0. The SMILES string of the molecule is C=CCCOc1cc(OC)cc(Cl)c1Nc1nc(=O)n(-c2cncc3cccc(CC=C)c23)c(=O)n1Cc1cc(F)c(F)cc1F. The van der Waals surface area contributed by atoms with Gasteiger partial charge in [0.1, 0.15) is 23.0 Å². The monoisotopic (exact) mass is 649 g/mol. The van der Waals surface area contributed by atoms with Gasteiger partial charge in [-0.05, 0) is 24.5 Å². The predicted octanol–water partition coefficient (Wildman–Crippen LogP) is 6.50. The smallest absolute Gasteiger partial charge is 0.359 e. The molecule has 0 radical (unpaired) electrons. The van der Waals surface area contributed by atoms with Crippen LogP contribution in [0.15, 0.2) is 89.8 Å². The Kier molecular flexibility index (Phi) is 9.57. The number of benzene rings is 3. The average molecular weight is 650 g/mol. The van der Waals surface area contributed by atoms with Crippen molar-refractivity contribution in [3.05, 3.63) is 135 Å². The Morgan fingerprint density at radius 1 is 1.00 bits per heavy atom. The number of aromatic nitrogens is 4. The van der Waals surface area contributed by atoms with Crippen LogP contribution in [0, 0.1) is 17.5 Å². The van der Waals surface area contributed by atoms with Gasteiger partial charge in [-0.15, -0.1) is 13.2 Å². The lowest BCUT2D eigenvalue weighted by molar-refractivity contribution is 0.323. The van der Waals surface area contributed by atoms with Crippen molar-refractivity contribution in [2.24, 2.45) is 0 Å². The number of pyridine rings is 1. The lowest BCUT2D eigenvalue weighted by atomic mass is 10.0. The molecule has 0 amide bonds. The van der Waals surface area contributed by atoms with Gasteiger partial charge in [-0.25, -0.2) is 27.3 Å². The first kappa shape index (κ1) is 32.0. The fourth-order valence-corrected chi connectivity index (χ4v) is 5.10. The van der Waals surface area contributed by atoms with E-state index in [1.807, 2.05) is 6.07 Å². The molecule has 13 heteroatoms. The maximum Gasteiger partial charge on any atom is 0.359 e. The van der Waals surface area contributed by atoms with Crippen LogP contribution < -0.4 is 26.2 Å². The van der Waals surface area contributed by atoms with Crippen molar-refractivity contribution in [2.45, 2.75) is 19.4 Å². The quantitative estimate of drug-likeness (QED) is 0.0936. The molecular weight excluding hydrogens is 623 g/mol. The second kappa shape index (κ2) is 13.7. The molecule has 5 rings (SSSR count). The molecule has 5 aromatic rings. The number of hydrogen-bond donors (Lipinski definition) is 1. The number of halogens is 4. The van der Waals surface area contributed by atoms with Crippen molar-refractivity contribution >= 4 is 34.0 Å². The van der Waals surface area contributed by atoms with Crippen LogP contribution in [0.3, 0.4) is 0 Å². The predicted molar refractivity (Wildman–Crippen MR) is 170 cm³/mol. The molecule has 0 bridgehead atoms. The molecule has 0 aliphatic heterocycles. The third-order valence-electron chi connectivity index (χ3n) is 7.02. The van der Waals surface area contributed by atoms with Crippen molar-refractivity contribution in [3.63, 3.8) is 0 Å². The topological polar surface area (TPSA) is 100 Å². The van der Waals surface area contributed by atoms with Crippen LogP contribution in [-0.2, 0) is 13.0 Å². The van der Waals surface area contributed by atoms with Gasteiger partial charge >= 0.3 is 11.4 Å². The molecule has 0 aliphatic rings. The summed E-state index contributed by atoms with van der Waals surface area (Å²) in [4.78, 5) is 36.3. The molecular formula is C33H27ClF3N5O4. The van der Waals surface area contributed by atoms with E-state index in [0.29, 0.717) is 41.5 Å². The number of nitrogens with one attached hydrogen (secondary N) is 1. The van der Waals surface area contributed by atoms with Gasteiger partial charge in [0, 0.05) is 40.7 Å². The maximum atomic E-state index is 14.9. The zero-order chi connectivity index (χ0) is 33.0. The summed E-state index contributed by atoms with van der Waals surface area (Å²) in [6, 6.07) is 9.37. The Hall–Kier alpha value is -5.36. The minimum atomic E-state index is -1.40. The third kappa shape index (κ3) is 6.38. The van der Waals surface area contributed by atoms with Gasteiger partial charge in [-0.2, -0.15) is 4.98 Å². The highest BCUT2D eigenvalue weighted by Gasteiger charge is 2.22. The molecule has 2 heterocycles. The maximum absolute atomic E-state index is 14.9. The number of nitrogens with zero attached hydrogens (tertiary/aromatic N) is 4. The van der Waals surface area contributed by atoms with Crippen LogP contribution in [0.4, 0.5) is 24.8 Å². The first-order valence-corrected chi connectivity index (χ1v) is 14.3. The molecule has 2 aromatic heterocycles. The van der Waals surface area contributed by atoms with E-state index in [1.165, 1.54) is 25.4 Å². The van der Waals surface area contributed by atoms with Gasteiger partial charge in [-0.1, -0.05) is 42.0 Å².